The number of nitrogens with one attached hydrogen (secondary N) is 3. The largest absolute Gasteiger partial charge is 0.484 e. The highest BCUT2D eigenvalue weighted by molar-refractivity contribution is 5.90. The summed E-state index contributed by atoms with van der Waals surface area (Å²) in [7, 11) is 0. The Morgan fingerprint density at radius 3 is 2.39 bits per heavy atom. The maximum Gasteiger partial charge on any atom is 0.338 e. The number of hydrazine groups is 1. The summed E-state index contributed by atoms with van der Waals surface area (Å²) in [6, 6.07) is 15.7. The molecule has 3 rings (SSSR count). The third-order valence-corrected chi connectivity index (χ3v) is 4.25. The van der Waals surface area contributed by atoms with Crippen LogP contribution in [0.2, 0.25) is 0 Å². The summed E-state index contributed by atoms with van der Waals surface area (Å²) in [5.41, 5.74) is 12.6. The number of carbonyl (C=O) groups is 2. The van der Waals surface area contributed by atoms with Crippen molar-refractivity contribution < 1.29 is 19.1 Å². The first kappa shape index (κ1) is 23.3. The monoisotopic (exact) mass is 450 g/mol. The van der Waals surface area contributed by atoms with E-state index in [1.807, 2.05) is 32.0 Å². The van der Waals surface area contributed by atoms with Gasteiger partial charge in [-0.3, -0.25) is 15.6 Å². The lowest BCUT2D eigenvalue weighted by atomic mass is 10.2. The van der Waals surface area contributed by atoms with Gasteiger partial charge in [0, 0.05) is 5.69 Å². The number of nitrogen functional groups attached to an aromatic ring is 1. The van der Waals surface area contributed by atoms with Crippen LogP contribution in [0.15, 0.2) is 60.9 Å². The van der Waals surface area contributed by atoms with Crippen LogP contribution in [0.4, 0.5) is 23.0 Å². The Morgan fingerprint density at radius 1 is 1.00 bits per heavy atom. The number of benzene rings is 2. The van der Waals surface area contributed by atoms with E-state index in [1.165, 1.54) is 6.33 Å². The van der Waals surface area contributed by atoms with E-state index < -0.39 is 5.91 Å². The molecule has 0 aliphatic carbocycles. The van der Waals surface area contributed by atoms with Gasteiger partial charge in [-0.25, -0.2) is 14.8 Å². The van der Waals surface area contributed by atoms with Crippen molar-refractivity contribution in [3.63, 3.8) is 0 Å². The van der Waals surface area contributed by atoms with E-state index >= 15 is 0 Å². The maximum atomic E-state index is 12.0. The summed E-state index contributed by atoms with van der Waals surface area (Å²) in [6.07, 6.45) is 1.30. The number of nitrogens with two attached hydrogens (primary N) is 1. The van der Waals surface area contributed by atoms with Gasteiger partial charge in [-0.05, 0) is 42.3 Å². The van der Waals surface area contributed by atoms with Gasteiger partial charge in [0.15, 0.2) is 18.2 Å². The van der Waals surface area contributed by atoms with Gasteiger partial charge in [0.25, 0.3) is 5.91 Å². The number of hydrogen-bond acceptors (Lipinski definition) is 9. The molecule has 33 heavy (non-hydrogen) atoms. The summed E-state index contributed by atoms with van der Waals surface area (Å²) in [5.74, 6) is 0.605. The van der Waals surface area contributed by atoms with Crippen molar-refractivity contribution in [2.75, 3.05) is 29.7 Å². The first-order valence-electron chi connectivity index (χ1n) is 10.3. The molecule has 2 aromatic carbocycles. The van der Waals surface area contributed by atoms with E-state index in [1.54, 1.807) is 36.4 Å². The van der Waals surface area contributed by atoms with Crippen molar-refractivity contribution in [2.45, 2.75) is 13.8 Å². The SMILES string of the molecule is CC(C)COC(=O)c1ccc(Nc2ncnc(NNC(=O)COc3ccccc3)c2N)cc1. The quantitative estimate of drug-likeness (QED) is 0.271. The van der Waals surface area contributed by atoms with Crippen molar-refractivity contribution in [1.29, 1.82) is 0 Å². The Labute approximate surface area is 191 Å². The maximum absolute atomic E-state index is 12.0. The zero-order valence-corrected chi connectivity index (χ0v) is 18.4. The van der Waals surface area contributed by atoms with Gasteiger partial charge in [0.05, 0.1) is 12.2 Å². The Kier molecular flexibility index (Phi) is 8.01. The minimum atomic E-state index is -0.411. The van der Waals surface area contributed by atoms with Gasteiger partial charge in [0.2, 0.25) is 0 Å². The second-order valence-corrected chi connectivity index (χ2v) is 7.45. The standard InChI is InChI=1S/C23H26N6O4/c1-15(2)12-33-23(31)16-8-10-17(11-9-16)27-21-20(24)22(26-14-25-21)29-28-19(30)13-32-18-6-4-3-5-7-18/h3-11,14-15H,12-13,24H2,1-2H3,(H,28,30)(H2,25,26,27,29). The number of esters is 1. The fourth-order valence-electron chi connectivity index (χ4n) is 2.58. The first-order valence-corrected chi connectivity index (χ1v) is 10.3. The molecule has 0 aliphatic rings. The van der Waals surface area contributed by atoms with E-state index in [-0.39, 0.29) is 30.0 Å². The second-order valence-electron chi connectivity index (χ2n) is 7.45. The third kappa shape index (κ3) is 7.10. The molecule has 10 heteroatoms. The topological polar surface area (TPSA) is 140 Å². The van der Waals surface area contributed by atoms with Crippen LogP contribution in [0.3, 0.4) is 0 Å². The lowest BCUT2D eigenvalue weighted by Crippen LogP contribution is -2.34. The van der Waals surface area contributed by atoms with E-state index in [2.05, 4.69) is 26.1 Å². The number of aromatic nitrogens is 2. The number of rotatable bonds is 10. The molecular weight excluding hydrogens is 424 g/mol. The van der Waals surface area contributed by atoms with Crippen LogP contribution >= 0.6 is 0 Å². The smallest absolute Gasteiger partial charge is 0.338 e. The molecule has 5 N–H and O–H groups in total. The van der Waals surface area contributed by atoms with Crippen molar-refractivity contribution in [3.8, 4) is 5.75 Å². The van der Waals surface area contributed by atoms with E-state index in [9.17, 15) is 9.59 Å². The Hall–Kier alpha value is -4.34. The van der Waals surface area contributed by atoms with Gasteiger partial charge < -0.3 is 20.5 Å². The van der Waals surface area contributed by atoms with Crippen LogP contribution < -0.4 is 26.6 Å². The fraction of sp³-hybridized carbons (Fsp3) is 0.217. The normalized spacial score (nSPS) is 10.4. The van der Waals surface area contributed by atoms with Gasteiger partial charge in [0.1, 0.15) is 17.8 Å². The fourth-order valence-corrected chi connectivity index (χ4v) is 2.58. The number of amides is 1. The summed E-state index contributed by atoms with van der Waals surface area (Å²) in [4.78, 5) is 32.2. The molecule has 0 saturated heterocycles. The molecule has 0 fully saturated rings. The molecule has 0 aliphatic heterocycles. The molecule has 0 unspecified atom stereocenters. The number of hydrogen-bond donors (Lipinski definition) is 4. The molecular formula is C23H26N6O4. The Morgan fingerprint density at radius 2 is 1.70 bits per heavy atom. The van der Waals surface area contributed by atoms with Crippen LogP contribution in [0, 0.1) is 5.92 Å². The lowest BCUT2D eigenvalue weighted by molar-refractivity contribution is -0.122. The summed E-state index contributed by atoms with van der Waals surface area (Å²) in [5, 5.41) is 3.06. The van der Waals surface area contributed by atoms with E-state index in [0.29, 0.717) is 29.4 Å². The van der Waals surface area contributed by atoms with Crippen molar-refractivity contribution >= 4 is 34.9 Å². The zero-order valence-electron chi connectivity index (χ0n) is 18.4. The highest BCUT2D eigenvalue weighted by Crippen LogP contribution is 2.25. The van der Waals surface area contributed by atoms with Gasteiger partial charge in [-0.1, -0.05) is 32.0 Å². The second kappa shape index (κ2) is 11.3. The number of nitrogens with zero attached hydrogens (tertiary/aromatic N) is 2. The Bertz CT molecular complexity index is 1070. The van der Waals surface area contributed by atoms with Crippen LogP contribution in [0.25, 0.3) is 0 Å². The van der Waals surface area contributed by atoms with Crippen LogP contribution in [0.5, 0.6) is 5.75 Å². The number of anilines is 4. The molecule has 3 aromatic rings. The van der Waals surface area contributed by atoms with Gasteiger partial charge >= 0.3 is 5.97 Å². The highest BCUT2D eigenvalue weighted by Gasteiger charge is 2.12. The average Bonchev–Trinajstić information content (AvgIpc) is 2.83. The van der Waals surface area contributed by atoms with Gasteiger partial charge in [-0.2, -0.15) is 0 Å². The summed E-state index contributed by atoms with van der Waals surface area (Å²) < 4.78 is 10.6. The molecule has 0 atom stereocenters. The average molecular weight is 450 g/mol. The highest BCUT2D eigenvalue weighted by atomic mass is 16.5. The molecule has 172 valence electrons. The molecule has 1 amide bonds. The van der Waals surface area contributed by atoms with Crippen LogP contribution in [-0.2, 0) is 9.53 Å². The summed E-state index contributed by atoms with van der Waals surface area (Å²) in [6.45, 7) is 4.12. The van der Waals surface area contributed by atoms with E-state index in [0.717, 1.165) is 0 Å². The predicted octanol–water partition coefficient (Wildman–Crippen LogP) is 3.14. The predicted molar refractivity (Wildman–Crippen MR) is 125 cm³/mol. The third-order valence-electron chi connectivity index (χ3n) is 4.25. The molecule has 1 aromatic heterocycles. The molecule has 0 saturated carbocycles. The van der Waals surface area contributed by atoms with Crippen LogP contribution in [-0.4, -0.2) is 35.1 Å². The minimum Gasteiger partial charge on any atom is -0.484 e. The Balaban J connectivity index is 1.55. The molecule has 1 heterocycles. The molecule has 0 bridgehead atoms. The van der Waals surface area contributed by atoms with Crippen LogP contribution in [0.1, 0.15) is 24.2 Å². The van der Waals surface area contributed by atoms with Crippen molar-refractivity contribution in [3.05, 3.63) is 66.5 Å². The zero-order chi connectivity index (χ0) is 23.6. The summed E-state index contributed by atoms with van der Waals surface area (Å²) >= 11 is 0. The number of carbonyl (C=O) groups excluding carboxylic acids is 2. The lowest BCUT2D eigenvalue weighted by Gasteiger charge is -2.13. The number of para-hydroxylation sites is 1. The molecule has 10 nitrogen and oxygen atoms in total. The first-order chi connectivity index (χ1) is 15.9. The van der Waals surface area contributed by atoms with Crippen molar-refractivity contribution in [2.24, 2.45) is 5.92 Å². The molecule has 0 radical (unpaired) electrons. The van der Waals surface area contributed by atoms with E-state index in [4.69, 9.17) is 15.2 Å². The van der Waals surface area contributed by atoms with Crippen molar-refractivity contribution in [1.82, 2.24) is 15.4 Å². The van der Waals surface area contributed by atoms with Gasteiger partial charge in [-0.15, -0.1) is 0 Å². The molecule has 0 spiro atoms. The minimum absolute atomic E-state index is 0.181. The number of ether oxygens (including phenoxy) is 2.